The second-order valence-electron chi connectivity index (χ2n) is 5.04. The van der Waals surface area contributed by atoms with Gasteiger partial charge in [-0.15, -0.1) is 0 Å². The summed E-state index contributed by atoms with van der Waals surface area (Å²) in [6.45, 7) is 3.99. The van der Waals surface area contributed by atoms with Crippen LogP contribution < -0.4 is 5.32 Å². The minimum absolute atomic E-state index is 0.0482. The smallest absolute Gasteiger partial charge is 0.378 e. The van der Waals surface area contributed by atoms with E-state index < -0.39 is 18.6 Å². The van der Waals surface area contributed by atoms with Gasteiger partial charge >= 0.3 is 6.18 Å². The van der Waals surface area contributed by atoms with Crippen molar-refractivity contribution in [2.45, 2.75) is 51.4 Å². The molecule has 0 radical (unpaired) electrons. The highest BCUT2D eigenvalue weighted by atomic mass is 19.4. The van der Waals surface area contributed by atoms with Crippen molar-refractivity contribution in [3.63, 3.8) is 0 Å². The van der Waals surface area contributed by atoms with Crippen LogP contribution in [0.1, 0.15) is 33.1 Å². The van der Waals surface area contributed by atoms with Crippen molar-refractivity contribution >= 4 is 5.91 Å². The molecule has 0 bridgehead atoms. The molecule has 118 valence electrons. The van der Waals surface area contributed by atoms with Crippen molar-refractivity contribution in [3.8, 4) is 0 Å². The maximum atomic E-state index is 12.6. The van der Waals surface area contributed by atoms with E-state index in [1.807, 2.05) is 0 Å². The first-order valence-corrected chi connectivity index (χ1v) is 7.04. The average Bonchev–Trinajstić information content (AvgIpc) is 2.38. The Kier molecular flexibility index (Phi) is 6.75. The first-order chi connectivity index (χ1) is 9.37. The van der Waals surface area contributed by atoms with Crippen molar-refractivity contribution in [1.82, 2.24) is 10.2 Å². The lowest BCUT2D eigenvalue weighted by atomic mass is 10.1. The van der Waals surface area contributed by atoms with Crippen LogP contribution in [-0.2, 0) is 9.53 Å². The third kappa shape index (κ3) is 5.66. The largest absolute Gasteiger partial charge is 0.406 e. The standard InChI is InChI=1S/C13H23F3N2O2/c1-3-11(4-2)18(9-13(14,15)16)12(19)7-10-8-20-6-5-17-10/h10-11,17H,3-9H2,1-2H3. The highest BCUT2D eigenvalue weighted by Crippen LogP contribution is 2.21. The lowest BCUT2D eigenvalue weighted by Crippen LogP contribution is -2.49. The summed E-state index contributed by atoms with van der Waals surface area (Å²) in [4.78, 5) is 13.1. The summed E-state index contributed by atoms with van der Waals surface area (Å²) in [5.74, 6) is -0.459. The van der Waals surface area contributed by atoms with E-state index in [2.05, 4.69) is 5.32 Å². The lowest BCUT2D eigenvalue weighted by Gasteiger charge is -2.33. The van der Waals surface area contributed by atoms with Crippen LogP contribution in [0.25, 0.3) is 0 Å². The molecule has 1 rings (SSSR count). The minimum Gasteiger partial charge on any atom is -0.378 e. The van der Waals surface area contributed by atoms with Crippen LogP contribution in [0.2, 0.25) is 0 Å². The van der Waals surface area contributed by atoms with E-state index in [-0.39, 0.29) is 18.5 Å². The predicted octanol–water partition coefficient (Wildman–Crippen LogP) is 1.94. The van der Waals surface area contributed by atoms with Crippen molar-refractivity contribution in [3.05, 3.63) is 0 Å². The topological polar surface area (TPSA) is 41.6 Å². The fourth-order valence-electron chi connectivity index (χ4n) is 2.42. The number of carbonyl (C=O) groups excluding carboxylic acids is 1. The molecule has 1 fully saturated rings. The van der Waals surface area contributed by atoms with Crippen LogP contribution in [0.3, 0.4) is 0 Å². The second kappa shape index (κ2) is 7.83. The van der Waals surface area contributed by atoms with Crippen LogP contribution in [0.4, 0.5) is 13.2 Å². The molecular formula is C13H23F3N2O2. The fourth-order valence-corrected chi connectivity index (χ4v) is 2.42. The third-order valence-electron chi connectivity index (χ3n) is 3.47. The molecule has 1 aliphatic heterocycles. The molecule has 1 atom stereocenters. The Labute approximate surface area is 117 Å². The molecule has 0 saturated carbocycles. The lowest BCUT2D eigenvalue weighted by molar-refractivity contribution is -0.166. The molecule has 1 unspecified atom stereocenters. The second-order valence-corrected chi connectivity index (χ2v) is 5.04. The number of hydrogen-bond acceptors (Lipinski definition) is 3. The Balaban J connectivity index is 2.67. The zero-order valence-electron chi connectivity index (χ0n) is 12.0. The first-order valence-electron chi connectivity index (χ1n) is 7.04. The molecule has 1 saturated heterocycles. The molecule has 0 spiro atoms. The van der Waals surface area contributed by atoms with E-state index in [4.69, 9.17) is 4.74 Å². The molecule has 0 aliphatic carbocycles. The van der Waals surface area contributed by atoms with Crippen LogP contribution >= 0.6 is 0 Å². The summed E-state index contributed by atoms with van der Waals surface area (Å²) < 4.78 is 43.2. The number of nitrogens with zero attached hydrogens (tertiary/aromatic N) is 1. The van der Waals surface area contributed by atoms with Gasteiger partial charge in [0.2, 0.25) is 5.91 Å². The van der Waals surface area contributed by atoms with E-state index in [0.29, 0.717) is 32.6 Å². The molecule has 7 heteroatoms. The molecule has 20 heavy (non-hydrogen) atoms. The zero-order chi connectivity index (χ0) is 15.2. The Morgan fingerprint density at radius 2 is 2.05 bits per heavy atom. The number of morpholine rings is 1. The maximum Gasteiger partial charge on any atom is 0.406 e. The number of rotatable bonds is 6. The number of hydrogen-bond donors (Lipinski definition) is 1. The Hall–Kier alpha value is -0.820. The van der Waals surface area contributed by atoms with Gasteiger partial charge in [-0.05, 0) is 12.8 Å². The summed E-state index contributed by atoms with van der Waals surface area (Å²) in [6.07, 6.45) is -3.28. The van der Waals surface area contributed by atoms with Crippen LogP contribution in [0.5, 0.6) is 0 Å². The predicted molar refractivity (Wildman–Crippen MR) is 69.4 cm³/mol. The summed E-state index contributed by atoms with van der Waals surface area (Å²) in [5.41, 5.74) is 0. The van der Waals surface area contributed by atoms with Gasteiger partial charge in [-0.2, -0.15) is 13.2 Å². The zero-order valence-corrected chi connectivity index (χ0v) is 12.0. The molecule has 1 heterocycles. The van der Waals surface area contributed by atoms with Gasteiger partial charge in [0.1, 0.15) is 6.54 Å². The van der Waals surface area contributed by atoms with E-state index in [1.54, 1.807) is 13.8 Å². The van der Waals surface area contributed by atoms with Crippen molar-refractivity contribution in [2.24, 2.45) is 0 Å². The van der Waals surface area contributed by atoms with E-state index in [1.165, 1.54) is 0 Å². The number of halogens is 3. The van der Waals surface area contributed by atoms with Gasteiger partial charge in [0.05, 0.1) is 13.2 Å². The number of nitrogens with one attached hydrogen (secondary N) is 1. The molecule has 0 aromatic heterocycles. The fraction of sp³-hybridized carbons (Fsp3) is 0.923. The molecule has 1 aliphatic rings. The van der Waals surface area contributed by atoms with Gasteiger partial charge in [0.15, 0.2) is 0 Å². The molecule has 1 amide bonds. The summed E-state index contributed by atoms with van der Waals surface area (Å²) in [7, 11) is 0. The monoisotopic (exact) mass is 296 g/mol. The molecule has 1 N–H and O–H groups in total. The SMILES string of the molecule is CCC(CC)N(CC(F)(F)F)C(=O)CC1COCCN1. The van der Waals surface area contributed by atoms with Crippen molar-refractivity contribution < 1.29 is 22.7 Å². The number of alkyl halides is 3. The minimum atomic E-state index is -4.37. The maximum absolute atomic E-state index is 12.6. The number of carbonyl (C=O) groups is 1. The van der Waals surface area contributed by atoms with Crippen LogP contribution in [-0.4, -0.2) is 55.4 Å². The van der Waals surface area contributed by atoms with Gasteiger partial charge in [-0.3, -0.25) is 4.79 Å². The summed E-state index contributed by atoms with van der Waals surface area (Å²) >= 11 is 0. The third-order valence-corrected chi connectivity index (χ3v) is 3.47. The number of amides is 1. The Bertz CT molecular complexity index is 300. The molecule has 4 nitrogen and oxygen atoms in total. The normalized spacial score (nSPS) is 20.2. The van der Waals surface area contributed by atoms with Gasteiger partial charge in [-0.1, -0.05) is 13.8 Å². The van der Waals surface area contributed by atoms with Gasteiger partial charge in [0.25, 0.3) is 0 Å². The molecular weight excluding hydrogens is 273 g/mol. The Morgan fingerprint density at radius 1 is 1.40 bits per heavy atom. The van der Waals surface area contributed by atoms with Gasteiger partial charge in [-0.25, -0.2) is 0 Å². The van der Waals surface area contributed by atoms with Crippen molar-refractivity contribution in [1.29, 1.82) is 0 Å². The van der Waals surface area contributed by atoms with E-state index in [9.17, 15) is 18.0 Å². The Morgan fingerprint density at radius 3 is 2.50 bits per heavy atom. The number of ether oxygens (including phenoxy) is 1. The van der Waals surface area contributed by atoms with Gasteiger partial charge in [0, 0.05) is 25.0 Å². The van der Waals surface area contributed by atoms with Gasteiger partial charge < -0.3 is 15.0 Å². The average molecular weight is 296 g/mol. The summed E-state index contributed by atoms with van der Waals surface area (Å²) in [6, 6.07) is -0.560. The highest BCUT2D eigenvalue weighted by molar-refractivity contribution is 5.77. The van der Waals surface area contributed by atoms with Crippen LogP contribution in [0.15, 0.2) is 0 Å². The van der Waals surface area contributed by atoms with E-state index in [0.717, 1.165) is 4.90 Å². The molecule has 0 aromatic rings. The van der Waals surface area contributed by atoms with Crippen molar-refractivity contribution in [2.75, 3.05) is 26.3 Å². The first kappa shape index (κ1) is 17.2. The quantitative estimate of drug-likeness (QED) is 0.814. The molecule has 0 aromatic carbocycles. The van der Waals surface area contributed by atoms with E-state index >= 15 is 0 Å². The van der Waals surface area contributed by atoms with Crippen LogP contribution in [0, 0.1) is 0 Å². The summed E-state index contributed by atoms with van der Waals surface area (Å²) in [5, 5.41) is 3.09. The highest BCUT2D eigenvalue weighted by Gasteiger charge is 2.36.